The van der Waals surface area contributed by atoms with Crippen molar-refractivity contribution in [2.45, 2.75) is 26.3 Å². The molecule has 0 saturated carbocycles. The number of hydrogen-bond donors (Lipinski definition) is 2. The Balaban J connectivity index is 1.67. The maximum atomic E-state index is 12.6. The van der Waals surface area contributed by atoms with E-state index >= 15 is 0 Å². The minimum atomic E-state index is -0.255. The van der Waals surface area contributed by atoms with Crippen LogP contribution in [0.4, 0.5) is 10.8 Å². The smallest absolute Gasteiger partial charge is 0.269 e. The zero-order valence-corrected chi connectivity index (χ0v) is 15.6. The van der Waals surface area contributed by atoms with Crippen LogP contribution in [0.1, 0.15) is 32.9 Å². The van der Waals surface area contributed by atoms with Crippen LogP contribution < -0.4 is 11.1 Å². The average Bonchev–Trinajstić information content (AvgIpc) is 3.18. The number of anilines is 2. The second kappa shape index (κ2) is 6.32. The number of aromatic nitrogens is 3. The molecule has 4 rings (SSSR count). The molecule has 1 aliphatic heterocycles. The summed E-state index contributed by atoms with van der Waals surface area (Å²) in [5.41, 5.74) is 9.04. The molecule has 0 spiro atoms. The monoisotopic (exact) mass is 374 g/mol. The van der Waals surface area contributed by atoms with Gasteiger partial charge in [0.1, 0.15) is 14.7 Å². The molecule has 0 bridgehead atoms. The molecule has 0 unspecified atom stereocenters. The Morgan fingerprint density at radius 1 is 1.40 bits per heavy atom. The van der Waals surface area contributed by atoms with Gasteiger partial charge in [-0.05, 0) is 25.1 Å². The Bertz CT molecular complexity index is 963. The average molecular weight is 374 g/mol. The lowest BCUT2D eigenvalue weighted by Gasteiger charge is -2.24. The number of aryl methyl sites for hydroxylation is 1. The van der Waals surface area contributed by atoms with Gasteiger partial charge in [-0.15, -0.1) is 21.5 Å². The SMILES string of the molecule is CCc1nnc(NC(=O)c2sc3nc4c(cc3c2N)CN(C)CC4)s1. The highest BCUT2D eigenvalue weighted by Gasteiger charge is 2.22. The number of amides is 1. The van der Waals surface area contributed by atoms with Gasteiger partial charge in [0.2, 0.25) is 5.13 Å². The summed E-state index contributed by atoms with van der Waals surface area (Å²) in [6.07, 6.45) is 1.72. The summed E-state index contributed by atoms with van der Waals surface area (Å²) in [7, 11) is 2.09. The summed E-state index contributed by atoms with van der Waals surface area (Å²) in [6.45, 7) is 3.86. The van der Waals surface area contributed by atoms with Crippen LogP contribution in [0.2, 0.25) is 0 Å². The Morgan fingerprint density at radius 2 is 2.24 bits per heavy atom. The number of likely N-dealkylation sites (N-methyl/N-ethyl adjacent to an activating group) is 1. The summed E-state index contributed by atoms with van der Waals surface area (Å²) in [6, 6.07) is 2.08. The van der Waals surface area contributed by atoms with Crippen molar-refractivity contribution >= 4 is 49.6 Å². The zero-order valence-electron chi connectivity index (χ0n) is 14.0. The summed E-state index contributed by atoms with van der Waals surface area (Å²) in [4.78, 5) is 20.9. The minimum absolute atomic E-state index is 0.255. The standard InChI is InChI=1S/C16H18N6OS2/c1-3-11-20-21-16(24-11)19-14(23)13-12(17)9-6-8-7-22(2)5-4-10(8)18-15(9)25-13/h6H,3-5,7,17H2,1-2H3,(H,19,21,23). The van der Waals surface area contributed by atoms with Crippen LogP contribution in [-0.2, 0) is 19.4 Å². The van der Waals surface area contributed by atoms with Crippen LogP contribution in [0.15, 0.2) is 6.07 Å². The Labute approximate surface area is 152 Å². The van der Waals surface area contributed by atoms with Crippen molar-refractivity contribution in [2.24, 2.45) is 0 Å². The van der Waals surface area contributed by atoms with Gasteiger partial charge in [0.15, 0.2) is 0 Å². The van der Waals surface area contributed by atoms with E-state index in [4.69, 9.17) is 10.7 Å². The predicted octanol–water partition coefficient (Wildman–Crippen LogP) is 2.53. The van der Waals surface area contributed by atoms with Gasteiger partial charge in [-0.2, -0.15) is 0 Å². The van der Waals surface area contributed by atoms with Crippen LogP contribution >= 0.6 is 22.7 Å². The van der Waals surface area contributed by atoms with Crippen LogP contribution in [0.25, 0.3) is 10.2 Å². The molecular weight excluding hydrogens is 356 g/mol. The molecule has 25 heavy (non-hydrogen) atoms. The van der Waals surface area contributed by atoms with E-state index in [2.05, 4.69) is 33.5 Å². The molecule has 3 aromatic rings. The van der Waals surface area contributed by atoms with Crippen molar-refractivity contribution < 1.29 is 4.79 Å². The van der Waals surface area contributed by atoms with E-state index in [0.29, 0.717) is 15.7 Å². The van der Waals surface area contributed by atoms with Crippen molar-refractivity contribution in [1.29, 1.82) is 0 Å². The lowest BCUT2D eigenvalue weighted by molar-refractivity contribution is 0.103. The molecule has 3 aromatic heterocycles. The normalized spacial score (nSPS) is 14.6. The molecule has 0 aliphatic carbocycles. The lowest BCUT2D eigenvalue weighted by atomic mass is 10.0. The first-order valence-electron chi connectivity index (χ1n) is 8.08. The lowest BCUT2D eigenvalue weighted by Crippen LogP contribution is -2.27. The number of pyridine rings is 1. The third-order valence-corrected chi connectivity index (χ3v) is 6.35. The van der Waals surface area contributed by atoms with E-state index in [1.54, 1.807) is 0 Å². The molecule has 3 N–H and O–H groups in total. The second-order valence-corrected chi connectivity index (χ2v) is 8.15. The maximum Gasteiger partial charge on any atom is 0.269 e. The first-order chi connectivity index (χ1) is 12.0. The van der Waals surface area contributed by atoms with Gasteiger partial charge >= 0.3 is 0 Å². The molecule has 0 atom stereocenters. The first kappa shape index (κ1) is 16.4. The Morgan fingerprint density at radius 3 is 3.00 bits per heavy atom. The molecule has 0 radical (unpaired) electrons. The molecular formula is C16H18N6OS2. The first-order valence-corrected chi connectivity index (χ1v) is 9.71. The topological polar surface area (TPSA) is 97.0 Å². The Hall–Kier alpha value is -2.10. The van der Waals surface area contributed by atoms with Gasteiger partial charge in [0, 0.05) is 30.6 Å². The Kier molecular flexibility index (Phi) is 4.14. The molecule has 9 heteroatoms. The summed E-state index contributed by atoms with van der Waals surface area (Å²) in [5, 5.41) is 13.0. The molecule has 4 heterocycles. The number of nitrogens with one attached hydrogen (secondary N) is 1. The summed E-state index contributed by atoms with van der Waals surface area (Å²) >= 11 is 2.71. The van der Waals surface area contributed by atoms with E-state index in [1.165, 1.54) is 28.2 Å². The van der Waals surface area contributed by atoms with Crippen molar-refractivity contribution in [2.75, 3.05) is 24.6 Å². The number of nitrogen functional groups attached to an aromatic ring is 1. The minimum Gasteiger partial charge on any atom is -0.397 e. The van der Waals surface area contributed by atoms with E-state index in [9.17, 15) is 4.79 Å². The quantitative estimate of drug-likeness (QED) is 0.731. The van der Waals surface area contributed by atoms with Crippen molar-refractivity contribution in [3.63, 3.8) is 0 Å². The van der Waals surface area contributed by atoms with Gasteiger partial charge in [-0.1, -0.05) is 18.3 Å². The third kappa shape index (κ3) is 2.99. The highest BCUT2D eigenvalue weighted by atomic mass is 32.1. The van der Waals surface area contributed by atoms with Gasteiger partial charge in [-0.25, -0.2) is 4.98 Å². The van der Waals surface area contributed by atoms with Crippen molar-refractivity contribution in [3.8, 4) is 0 Å². The molecule has 0 aromatic carbocycles. The van der Waals surface area contributed by atoms with Crippen molar-refractivity contribution in [3.05, 3.63) is 27.2 Å². The third-order valence-electron chi connectivity index (χ3n) is 4.26. The van der Waals surface area contributed by atoms with E-state index < -0.39 is 0 Å². The molecule has 0 saturated heterocycles. The van der Waals surface area contributed by atoms with E-state index in [1.807, 2.05) is 6.92 Å². The highest BCUT2D eigenvalue weighted by Crippen LogP contribution is 2.35. The summed E-state index contributed by atoms with van der Waals surface area (Å²) in [5.74, 6) is -0.255. The number of carbonyl (C=O) groups is 1. The maximum absolute atomic E-state index is 12.6. The van der Waals surface area contributed by atoms with Gasteiger partial charge in [0.25, 0.3) is 5.91 Å². The number of thiophene rings is 1. The zero-order chi connectivity index (χ0) is 17.6. The molecule has 1 aliphatic rings. The van der Waals surface area contributed by atoms with Crippen LogP contribution in [-0.4, -0.2) is 39.6 Å². The fourth-order valence-corrected chi connectivity index (χ4v) is 4.57. The van der Waals surface area contributed by atoms with Gasteiger partial charge in [0.05, 0.1) is 5.69 Å². The van der Waals surface area contributed by atoms with Gasteiger partial charge in [-0.3, -0.25) is 10.1 Å². The molecule has 1 amide bonds. The largest absolute Gasteiger partial charge is 0.397 e. The second-order valence-electron chi connectivity index (χ2n) is 6.09. The fraction of sp³-hybridized carbons (Fsp3) is 0.375. The number of hydrogen-bond acceptors (Lipinski definition) is 8. The van der Waals surface area contributed by atoms with Gasteiger partial charge < -0.3 is 10.6 Å². The van der Waals surface area contributed by atoms with E-state index in [0.717, 1.165) is 46.8 Å². The summed E-state index contributed by atoms with van der Waals surface area (Å²) < 4.78 is 0. The van der Waals surface area contributed by atoms with E-state index in [-0.39, 0.29) is 5.91 Å². The molecule has 130 valence electrons. The molecule has 7 nitrogen and oxygen atoms in total. The number of nitrogens with two attached hydrogens (primary N) is 1. The van der Waals surface area contributed by atoms with Crippen LogP contribution in [0, 0.1) is 0 Å². The fourth-order valence-electron chi connectivity index (χ4n) is 2.91. The number of rotatable bonds is 3. The predicted molar refractivity (Wildman–Crippen MR) is 101 cm³/mol. The molecule has 0 fully saturated rings. The number of nitrogens with zero attached hydrogens (tertiary/aromatic N) is 4. The van der Waals surface area contributed by atoms with Crippen LogP contribution in [0.5, 0.6) is 0 Å². The number of fused-ring (bicyclic) bond motifs is 2. The van der Waals surface area contributed by atoms with Crippen LogP contribution in [0.3, 0.4) is 0 Å². The van der Waals surface area contributed by atoms with Crippen molar-refractivity contribution in [1.82, 2.24) is 20.1 Å². The highest BCUT2D eigenvalue weighted by molar-refractivity contribution is 7.21. The number of carbonyl (C=O) groups excluding carboxylic acids is 1.